The lowest BCUT2D eigenvalue weighted by Gasteiger charge is -2.33. The van der Waals surface area contributed by atoms with Gasteiger partial charge in [-0.1, -0.05) is 12.1 Å². The lowest BCUT2D eigenvalue weighted by molar-refractivity contribution is -0.138. The highest BCUT2D eigenvalue weighted by atomic mass is 16.5. The number of benzene rings is 1. The van der Waals surface area contributed by atoms with E-state index in [0.717, 1.165) is 37.2 Å². The van der Waals surface area contributed by atoms with Crippen LogP contribution in [0.4, 0.5) is 0 Å². The highest BCUT2D eigenvalue weighted by Crippen LogP contribution is 2.31. The zero-order chi connectivity index (χ0) is 14.5. The molecule has 5 heteroatoms. The summed E-state index contributed by atoms with van der Waals surface area (Å²) in [6.07, 6.45) is 1.15. The minimum Gasteiger partial charge on any atom is -0.497 e. The Morgan fingerprint density at radius 2 is 1.95 bits per heavy atom. The fourth-order valence-electron chi connectivity index (χ4n) is 2.69. The second-order valence-corrected chi connectivity index (χ2v) is 5.23. The Bertz CT molecular complexity index is 438. The predicted octanol–water partition coefficient (Wildman–Crippen LogP) is 1.53. The molecule has 1 saturated heterocycles. The van der Waals surface area contributed by atoms with Crippen LogP contribution in [0.25, 0.3) is 0 Å². The summed E-state index contributed by atoms with van der Waals surface area (Å²) < 4.78 is 5.10. The zero-order valence-corrected chi connectivity index (χ0v) is 11.7. The van der Waals surface area contributed by atoms with E-state index in [0.29, 0.717) is 0 Å². The monoisotopic (exact) mass is 279 g/mol. The van der Waals surface area contributed by atoms with Crippen LogP contribution in [0.2, 0.25) is 0 Å². The van der Waals surface area contributed by atoms with Gasteiger partial charge in [-0.05, 0) is 49.5 Å². The van der Waals surface area contributed by atoms with E-state index < -0.39 is 12.1 Å². The van der Waals surface area contributed by atoms with Gasteiger partial charge in [0.2, 0.25) is 0 Å². The topological polar surface area (TPSA) is 70.0 Å². The van der Waals surface area contributed by atoms with Gasteiger partial charge in [-0.2, -0.15) is 0 Å². The number of hydrogen-bond acceptors (Lipinski definition) is 4. The number of hydrogen-bond donors (Lipinski definition) is 2. The molecular weight excluding hydrogens is 258 g/mol. The van der Waals surface area contributed by atoms with Crippen molar-refractivity contribution in [1.82, 2.24) is 4.90 Å². The van der Waals surface area contributed by atoms with E-state index in [4.69, 9.17) is 9.84 Å². The molecule has 0 radical (unpaired) electrons. The number of aliphatic hydroxyl groups excluding tert-OH is 1. The van der Waals surface area contributed by atoms with E-state index in [9.17, 15) is 9.90 Å². The predicted molar refractivity (Wildman–Crippen MR) is 74.8 cm³/mol. The van der Waals surface area contributed by atoms with Crippen LogP contribution in [0.15, 0.2) is 24.3 Å². The lowest BCUT2D eigenvalue weighted by Crippen LogP contribution is -2.38. The third-order valence-corrected chi connectivity index (χ3v) is 3.89. The molecule has 1 heterocycles. The van der Waals surface area contributed by atoms with Crippen molar-refractivity contribution in [3.05, 3.63) is 29.8 Å². The summed E-state index contributed by atoms with van der Waals surface area (Å²) in [6, 6.07) is 7.45. The Morgan fingerprint density at radius 3 is 2.45 bits per heavy atom. The minimum atomic E-state index is -0.792. The number of ether oxygens (including phenoxy) is 1. The zero-order valence-electron chi connectivity index (χ0n) is 11.7. The summed E-state index contributed by atoms with van der Waals surface area (Å²) in [6.45, 7) is 1.54. The van der Waals surface area contributed by atoms with Gasteiger partial charge >= 0.3 is 5.97 Å². The maximum atomic E-state index is 10.7. The van der Waals surface area contributed by atoms with Crippen LogP contribution >= 0.6 is 0 Å². The normalized spacial score (nSPS) is 18.7. The average Bonchev–Trinajstić information content (AvgIpc) is 2.47. The van der Waals surface area contributed by atoms with Gasteiger partial charge in [-0.15, -0.1) is 0 Å². The van der Waals surface area contributed by atoms with Crippen LogP contribution < -0.4 is 4.74 Å². The van der Waals surface area contributed by atoms with Gasteiger partial charge in [0.25, 0.3) is 0 Å². The van der Waals surface area contributed by atoms with Gasteiger partial charge in [-0.25, -0.2) is 0 Å². The van der Waals surface area contributed by atoms with Gasteiger partial charge in [0.1, 0.15) is 5.75 Å². The van der Waals surface area contributed by atoms with Gasteiger partial charge in [-0.3, -0.25) is 9.69 Å². The summed E-state index contributed by atoms with van der Waals surface area (Å²) >= 11 is 0. The molecule has 1 unspecified atom stereocenters. The summed E-state index contributed by atoms with van der Waals surface area (Å²) in [5.74, 6) is 0.171. The van der Waals surface area contributed by atoms with Crippen molar-refractivity contribution in [1.29, 1.82) is 0 Å². The molecular formula is C15H21NO4. The number of carboxylic acids is 1. The Balaban J connectivity index is 1.90. The molecule has 20 heavy (non-hydrogen) atoms. The van der Waals surface area contributed by atoms with E-state index in [2.05, 4.69) is 0 Å². The quantitative estimate of drug-likeness (QED) is 0.855. The van der Waals surface area contributed by atoms with Crippen LogP contribution in [0.1, 0.15) is 24.5 Å². The molecule has 110 valence electrons. The van der Waals surface area contributed by atoms with E-state index >= 15 is 0 Å². The first kappa shape index (κ1) is 14.8. The number of methoxy groups -OCH3 is 1. The SMILES string of the molecule is COc1ccc(C(O)C2CCN(CC(=O)O)CC2)cc1. The second-order valence-electron chi connectivity index (χ2n) is 5.23. The van der Waals surface area contributed by atoms with Gasteiger partial charge < -0.3 is 14.9 Å². The van der Waals surface area contributed by atoms with E-state index in [1.807, 2.05) is 29.2 Å². The number of aliphatic carboxylic acids is 1. The van der Waals surface area contributed by atoms with Crippen LogP contribution in [0.3, 0.4) is 0 Å². The number of likely N-dealkylation sites (tertiary alicyclic amines) is 1. The molecule has 0 bridgehead atoms. The smallest absolute Gasteiger partial charge is 0.317 e. The second kappa shape index (κ2) is 6.72. The largest absolute Gasteiger partial charge is 0.497 e. The molecule has 1 aromatic rings. The first-order valence-corrected chi connectivity index (χ1v) is 6.86. The maximum absolute atomic E-state index is 10.7. The lowest BCUT2D eigenvalue weighted by atomic mass is 9.87. The van der Waals surface area contributed by atoms with Crippen molar-refractivity contribution in [2.45, 2.75) is 18.9 Å². The van der Waals surface area contributed by atoms with Crippen LogP contribution in [0.5, 0.6) is 5.75 Å². The molecule has 2 rings (SSSR count). The van der Waals surface area contributed by atoms with Crippen LogP contribution in [0, 0.1) is 5.92 Å². The van der Waals surface area contributed by atoms with Gasteiger partial charge in [0.05, 0.1) is 19.8 Å². The van der Waals surface area contributed by atoms with Crippen molar-refractivity contribution in [3.8, 4) is 5.75 Å². The number of carboxylic acid groups (broad SMARTS) is 1. The molecule has 0 saturated carbocycles. The molecule has 1 aromatic carbocycles. The number of piperidine rings is 1. The first-order valence-electron chi connectivity index (χ1n) is 6.86. The molecule has 1 aliphatic heterocycles. The molecule has 2 N–H and O–H groups in total. The van der Waals surface area contributed by atoms with Gasteiger partial charge in [0, 0.05) is 0 Å². The third kappa shape index (κ3) is 3.71. The standard InChI is InChI=1S/C15H21NO4/c1-20-13-4-2-11(3-5-13)15(19)12-6-8-16(9-7-12)10-14(17)18/h2-5,12,15,19H,6-10H2,1H3,(H,17,18). The van der Waals surface area contributed by atoms with Crippen molar-refractivity contribution >= 4 is 5.97 Å². The van der Waals surface area contributed by atoms with Crippen molar-refractivity contribution in [2.75, 3.05) is 26.7 Å². The Labute approximate surface area is 118 Å². The molecule has 0 amide bonds. The maximum Gasteiger partial charge on any atom is 0.317 e. The summed E-state index contributed by atoms with van der Waals surface area (Å²) in [7, 11) is 1.61. The highest BCUT2D eigenvalue weighted by Gasteiger charge is 2.26. The summed E-state index contributed by atoms with van der Waals surface area (Å²) in [4.78, 5) is 12.6. The fourth-order valence-corrected chi connectivity index (χ4v) is 2.69. The first-order chi connectivity index (χ1) is 9.60. The Hall–Kier alpha value is -1.59. The van der Waals surface area contributed by atoms with Crippen molar-refractivity contribution in [2.24, 2.45) is 5.92 Å². The van der Waals surface area contributed by atoms with Crippen molar-refractivity contribution in [3.63, 3.8) is 0 Å². The highest BCUT2D eigenvalue weighted by molar-refractivity contribution is 5.69. The fraction of sp³-hybridized carbons (Fsp3) is 0.533. The molecule has 1 aliphatic rings. The molecule has 1 fully saturated rings. The number of aliphatic hydroxyl groups is 1. The van der Waals surface area contributed by atoms with E-state index in [1.54, 1.807) is 7.11 Å². The number of rotatable bonds is 5. The summed E-state index contributed by atoms with van der Waals surface area (Å²) in [5, 5.41) is 19.2. The average molecular weight is 279 g/mol. The molecule has 0 aromatic heterocycles. The van der Waals surface area contributed by atoms with Crippen LogP contribution in [-0.2, 0) is 4.79 Å². The number of nitrogens with zero attached hydrogens (tertiary/aromatic N) is 1. The van der Waals surface area contributed by atoms with Crippen LogP contribution in [-0.4, -0.2) is 47.8 Å². The van der Waals surface area contributed by atoms with E-state index in [-0.39, 0.29) is 12.5 Å². The third-order valence-electron chi connectivity index (χ3n) is 3.89. The van der Waals surface area contributed by atoms with E-state index in [1.165, 1.54) is 0 Å². The van der Waals surface area contributed by atoms with Gasteiger partial charge in [0.15, 0.2) is 0 Å². The number of carbonyl (C=O) groups is 1. The summed E-state index contributed by atoms with van der Waals surface area (Å²) in [5.41, 5.74) is 0.891. The molecule has 1 atom stereocenters. The Kier molecular flexibility index (Phi) is 4.98. The Morgan fingerprint density at radius 1 is 1.35 bits per heavy atom. The molecule has 5 nitrogen and oxygen atoms in total. The molecule has 0 aliphatic carbocycles. The molecule has 0 spiro atoms. The minimum absolute atomic E-state index is 0.0886. The van der Waals surface area contributed by atoms with Crippen molar-refractivity contribution < 1.29 is 19.7 Å².